The molecular formula is C5H11Cl2NO. The molecule has 0 radical (unpaired) electrons. The molecule has 56 valence electrons. The number of carbonyl (C=O) groups is 1. The molecular weight excluding hydrogens is 161 g/mol. The van der Waals surface area contributed by atoms with Gasteiger partial charge in [-0.3, -0.25) is 9.69 Å². The lowest BCUT2D eigenvalue weighted by Gasteiger charge is -2.08. The van der Waals surface area contributed by atoms with Crippen LogP contribution < -0.4 is 0 Å². The van der Waals surface area contributed by atoms with E-state index in [2.05, 4.69) is 0 Å². The molecule has 0 saturated carbocycles. The fourth-order valence-corrected chi connectivity index (χ4v) is 0.528. The van der Waals surface area contributed by atoms with Crippen molar-refractivity contribution in [2.75, 3.05) is 20.1 Å². The molecule has 0 bridgehead atoms. The van der Waals surface area contributed by atoms with E-state index < -0.39 is 0 Å². The van der Waals surface area contributed by atoms with Crippen LogP contribution in [-0.2, 0) is 4.79 Å². The Morgan fingerprint density at radius 2 is 2.11 bits per heavy atom. The van der Waals surface area contributed by atoms with Crippen molar-refractivity contribution < 1.29 is 4.79 Å². The Balaban J connectivity index is 0. The Morgan fingerprint density at radius 1 is 1.67 bits per heavy atom. The molecule has 0 unspecified atom stereocenters. The molecule has 0 aliphatic carbocycles. The van der Waals surface area contributed by atoms with Crippen LogP contribution in [0, 0.1) is 0 Å². The van der Waals surface area contributed by atoms with Gasteiger partial charge in [0.25, 0.3) is 0 Å². The first-order chi connectivity index (χ1) is 3.66. The first-order valence-corrected chi connectivity index (χ1v) is 2.91. The van der Waals surface area contributed by atoms with Gasteiger partial charge in [0.1, 0.15) is 0 Å². The van der Waals surface area contributed by atoms with Gasteiger partial charge in [-0.05, 0) is 25.2 Å². The summed E-state index contributed by atoms with van der Waals surface area (Å²) in [6.07, 6.45) is 0. The normalized spacial score (nSPS) is 8.89. The summed E-state index contributed by atoms with van der Waals surface area (Å²) >= 11 is 5.07. The summed E-state index contributed by atoms with van der Waals surface area (Å²) in [6.45, 7) is 3.18. The second kappa shape index (κ2) is 6.33. The van der Waals surface area contributed by atoms with Gasteiger partial charge >= 0.3 is 0 Å². The largest absolute Gasteiger partial charge is 0.298 e. The number of nitrogens with zero attached hydrogens (tertiary/aromatic N) is 1. The van der Waals surface area contributed by atoms with Crippen molar-refractivity contribution in [3.05, 3.63) is 0 Å². The highest BCUT2D eigenvalue weighted by molar-refractivity contribution is 6.64. The third-order valence-electron chi connectivity index (χ3n) is 0.934. The van der Waals surface area contributed by atoms with Crippen LogP contribution in [0.1, 0.15) is 6.92 Å². The quantitative estimate of drug-likeness (QED) is 0.594. The molecule has 0 heterocycles. The van der Waals surface area contributed by atoms with E-state index in [4.69, 9.17) is 11.6 Å². The van der Waals surface area contributed by atoms with Crippen LogP contribution in [0.3, 0.4) is 0 Å². The van der Waals surface area contributed by atoms with Crippen molar-refractivity contribution in [3.63, 3.8) is 0 Å². The summed E-state index contributed by atoms with van der Waals surface area (Å²) in [5.74, 6) is 0. The molecule has 0 aromatic rings. The summed E-state index contributed by atoms with van der Waals surface area (Å²) < 4.78 is 0. The molecule has 0 atom stereocenters. The lowest BCUT2D eigenvalue weighted by Crippen LogP contribution is -2.22. The maximum Gasteiger partial charge on any atom is 0.235 e. The Labute approximate surface area is 66.6 Å². The number of halogens is 2. The van der Waals surface area contributed by atoms with E-state index in [1.165, 1.54) is 0 Å². The van der Waals surface area contributed by atoms with Crippen molar-refractivity contribution in [2.45, 2.75) is 6.92 Å². The molecule has 0 fully saturated rings. The molecule has 0 spiro atoms. The highest BCUT2D eigenvalue weighted by Gasteiger charge is 1.98. The van der Waals surface area contributed by atoms with E-state index in [0.29, 0.717) is 6.54 Å². The molecule has 4 heteroatoms. The Bertz CT molecular complexity index is 87.0. The first kappa shape index (κ1) is 11.9. The summed E-state index contributed by atoms with van der Waals surface area (Å²) in [5, 5.41) is -0.297. The average Bonchev–Trinajstić information content (AvgIpc) is 1.65. The van der Waals surface area contributed by atoms with E-state index in [-0.39, 0.29) is 17.6 Å². The Hall–Kier alpha value is 0.210. The molecule has 0 amide bonds. The molecule has 0 aromatic carbocycles. The van der Waals surface area contributed by atoms with Gasteiger partial charge in [-0.2, -0.15) is 0 Å². The van der Waals surface area contributed by atoms with Crippen LogP contribution in [0.5, 0.6) is 0 Å². The van der Waals surface area contributed by atoms with Crippen molar-refractivity contribution in [1.29, 1.82) is 0 Å². The molecule has 0 saturated heterocycles. The lowest BCUT2D eigenvalue weighted by molar-refractivity contribution is -0.112. The van der Waals surface area contributed by atoms with Crippen molar-refractivity contribution in [1.82, 2.24) is 4.90 Å². The van der Waals surface area contributed by atoms with Crippen LogP contribution in [0.15, 0.2) is 0 Å². The third-order valence-corrected chi connectivity index (χ3v) is 1.05. The van der Waals surface area contributed by atoms with E-state index in [0.717, 1.165) is 6.54 Å². The minimum absolute atomic E-state index is 0. The van der Waals surface area contributed by atoms with Crippen LogP contribution >= 0.6 is 24.0 Å². The van der Waals surface area contributed by atoms with Gasteiger partial charge in [-0.15, -0.1) is 12.4 Å². The van der Waals surface area contributed by atoms with Gasteiger partial charge in [-0.1, -0.05) is 6.92 Å². The molecule has 0 aliphatic rings. The molecule has 9 heavy (non-hydrogen) atoms. The maximum atomic E-state index is 10.1. The van der Waals surface area contributed by atoms with Gasteiger partial charge < -0.3 is 0 Å². The molecule has 2 nitrogen and oxygen atoms in total. The summed E-state index contributed by atoms with van der Waals surface area (Å²) in [6, 6.07) is 0. The van der Waals surface area contributed by atoms with Crippen molar-refractivity contribution >= 4 is 29.3 Å². The SMILES string of the molecule is CCN(C)CC(=O)Cl.Cl. The van der Waals surface area contributed by atoms with E-state index in [1.807, 2.05) is 18.9 Å². The van der Waals surface area contributed by atoms with Crippen LogP contribution in [-0.4, -0.2) is 30.3 Å². The first-order valence-electron chi connectivity index (χ1n) is 2.53. The zero-order valence-corrected chi connectivity index (χ0v) is 7.13. The third kappa shape index (κ3) is 8.21. The predicted octanol–water partition coefficient (Wildman–Crippen LogP) is 1.13. The number of likely N-dealkylation sites (N-methyl/N-ethyl adjacent to an activating group) is 1. The number of rotatable bonds is 3. The van der Waals surface area contributed by atoms with Crippen LogP contribution in [0.2, 0.25) is 0 Å². The second-order valence-electron chi connectivity index (χ2n) is 1.69. The second-order valence-corrected chi connectivity index (χ2v) is 2.11. The van der Waals surface area contributed by atoms with Crippen molar-refractivity contribution in [3.8, 4) is 0 Å². The lowest BCUT2D eigenvalue weighted by atomic mass is 10.6. The summed E-state index contributed by atoms with van der Waals surface area (Å²) in [7, 11) is 1.85. The summed E-state index contributed by atoms with van der Waals surface area (Å²) in [5.41, 5.74) is 0. The minimum Gasteiger partial charge on any atom is -0.298 e. The predicted molar refractivity (Wildman–Crippen MR) is 41.3 cm³/mol. The van der Waals surface area contributed by atoms with E-state index in [1.54, 1.807) is 0 Å². The van der Waals surface area contributed by atoms with Gasteiger partial charge in [0.05, 0.1) is 6.54 Å². The minimum atomic E-state index is -0.297. The van der Waals surface area contributed by atoms with E-state index >= 15 is 0 Å². The molecule has 0 N–H and O–H groups in total. The Morgan fingerprint density at radius 3 is 2.22 bits per heavy atom. The average molecular weight is 172 g/mol. The topological polar surface area (TPSA) is 20.3 Å². The number of hydrogen-bond acceptors (Lipinski definition) is 2. The highest BCUT2D eigenvalue weighted by Crippen LogP contribution is 1.84. The summed E-state index contributed by atoms with van der Waals surface area (Å²) in [4.78, 5) is 12.0. The van der Waals surface area contributed by atoms with Crippen molar-refractivity contribution in [2.24, 2.45) is 0 Å². The molecule has 0 rings (SSSR count). The molecule has 0 aromatic heterocycles. The molecule has 0 aliphatic heterocycles. The number of carbonyl (C=O) groups excluding carboxylic acids is 1. The van der Waals surface area contributed by atoms with Gasteiger partial charge in [0, 0.05) is 0 Å². The fourth-order valence-electron chi connectivity index (χ4n) is 0.324. The smallest absolute Gasteiger partial charge is 0.235 e. The van der Waals surface area contributed by atoms with E-state index in [9.17, 15) is 4.79 Å². The number of hydrogen-bond donors (Lipinski definition) is 0. The van der Waals surface area contributed by atoms with Crippen LogP contribution in [0.25, 0.3) is 0 Å². The monoisotopic (exact) mass is 171 g/mol. The van der Waals surface area contributed by atoms with Crippen LogP contribution in [0.4, 0.5) is 0 Å². The highest BCUT2D eigenvalue weighted by atomic mass is 35.5. The maximum absolute atomic E-state index is 10.1. The van der Waals surface area contributed by atoms with Gasteiger partial charge in [-0.25, -0.2) is 0 Å². The van der Waals surface area contributed by atoms with Gasteiger partial charge in [0.15, 0.2) is 0 Å². The standard InChI is InChI=1S/C5H10ClNO.ClH/c1-3-7(2)4-5(6)8;/h3-4H2,1-2H3;1H. The Kier molecular flexibility index (Phi) is 8.40. The van der Waals surface area contributed by atoms with Gasteiger partial charge in [0.2, 0.25) is 5.24 Å². The fraction of sp³-hybridized carbons (Fsp3) is 0.800. The zero-order valence-electron chi connectivity index (χ0n) is 5.56. The zero-order chi connectivity index (χ0) is 6.57.